The predicted octanol–water partition coefficient (Wildman–Crippen LogP) is 3.97. The van der Waals surface area contributed by atoms with Gasteiger partial charge >= 0.3 is 12.0 Å². The molecule has 2 aromatic rings. The van der Waals surface area contributed by atoms with Crippen LogP contribution in [0, 0.1) is 11.3 Å². The normalized spacial score (nSPS) is 9.89. The fraction of sp³-hybridized carbons (Fsp3) is 0.263. The summed E-state index contributed by atoms with van der Waals surface area (Å²) in [6.07, 6.45) is 2.07. The molecule has 0 radical (unpaired) electrons. The summed E-state index contributed by atoms with van der Waals surface area (Å²) in [6, 6.07) is 9.27. The molecule has 0 saturated carbocycles. The van der Waals surface area contributed by atoms with Crippen molar-refractivity contribution < 1.29 is 19.1 Å². The lowest BCUT2D eigenvalue weighted by atomic mass is 10.3. The van der Waals surface area contributed by atoms with Crippen molar-refractivity contribution in [2.45, 2.75) is 19.8 Å². The number of nitrogens with zero attached hydrogens (tertiary/aromatic N) is 2. The number of ether oxygens (including phenoxy) is 2. The number of rotatable bonds is 8. The molecule has 8 nitrogen and oxygen atoms in total. The predicted molar refractivity (Wildman–Crippen MR) is 104 cm³/mol. The Labute approximate surface area is 167 Å². The highest BCUT2D eigenvalue weighted by Crippen LogP contribution is 2.28. The first-order valence-corrected chi connectivity index (χ1v) is 8.91. The van der Waals surface area contributed by atoms with Crippen molar-refractivity contribution in [3.63, 3.8) is 0 Å². The molecule has 0 saturated heterocycles. The lowest BCUT2D eigenvalue weighted by Crippen LogP contribution is -2.20. The number of urea groups is 1. The van der Waals surface area contributed by atoms with Crippen LogP contribution >= 0.6 is 11.6 Å². The monoisotopic (exact) mass is 402 g/mol. The lowest BCUT2D eigenvalue weighted by Gasteiger charge is -2.13. The molecule has 146 valence electrons. The highest BCUT2D eigenvalue weighted by atomic mass is 35.5. The average molecular weight is 403 g/mol. The molecule has 0 aliphatic heterocycles. The summed E-state index contributed by atoms with van der Waals surface area (Å²) in [5.74, 6) is 0.418. The summed E-state index contributed by atoms with van der Waals surface area (Å²) in [6.45, 7) is 2.36. The Morgan fingerprint density at radius 2 is 2.07 bits per heavy atom. The van der Waals surface area contributed by atoms with E-state index in [-0.39, 0.29) is 24.8 Å². The molecule has 2 amide bonds. The number of halogens is 1. The standard InChI is InChI=1S/C19H19ClN4O4/c1-2-27-18(25)4-3-9-28-16-7-6-14(20)10-15(16)23-19(26)24-17-8-5-13(11-21)12-22-17/h5-8,10,12H,2-4,9H2,1H3,(H2,22,23,24,26). The van der Waals surface area contributed by atoms with Crippen LogP contribution in [0.4, 0.5) is 16.3 Å². The molecule has 28 heavy (non-hydrogen) atoms. The van der Waals surface area contributed by atoms with E-state index < -0.39 is 6.03 Å². The van der Waals surface area contributed by atoms with Gasteiger partial charge in [-0.25, -0.2) is 9.78 Å². The van der Waals surface area contributed by atoms with Gasteiger partial charge in [0.2, 0.25) is 0 Å². The van der Waals surface area contributed by atoms with Gasteiger partial charge in [-0.15, -0.1) is 0 Å². The number of aromatic nitrogens is 1. The number of carbonyl (C=O) groups excluding carboxylic acids is 2. The third kappa shape index (κ3) is 6.78. The van der Waals surface area contributed by atoms with E-state index in [4.69, 9.17) is 26.3 Å². The summed E-state index contributed by atoms with van der Waals surface area (Å²) in [5.41, 5.74) is 0.758. The second-order valence-corrected chi connectivity index (χ2v) is 5.96. The summed E-state index contributed by atoms with van der Waals surface area (Å²) >= 11 is 6.00. The molecule has 0 fully saturated rings. The van der Waals surface area contributed by atoms with Crippen LogP contribution in [0.3, 0.4) is 0 Å². The van der Waals surface area contributed by atoms with Gasteiger partial charge in [-0.05, 0) is 43.7 Å². The van der Waals surface area contributed by atoms with Crippen LogP contribution in [0.25, 0.3) is 0 Å². The molecule has 1 heterocycles. The Hall–Kier alpha value is -3.31. The van der Waals surface area contributed by atoms with Gasteiger partial charge in [-0.3, -0.25) is 10.1 Å². The van der Waals surface area contributed by atoms with Crippen LogP contribution in [0.2, 0.25) is 5.02 Å². The topological polar surface area (TPSA) is 113 Å². The SMILES string of the molecule is CCOC(=O)CCCOc1ccc(Cl)cc1NC(=O)Nc1ccc(C#N)cn1. The molecule has 0 spiro atoms. The minimum Gasteiger partial charge on any atom is -0.491 e. The summed E-state index contributed by atoms with van der Waals surface area (Å²) < 4.78 is 10.5. The van der Waals surface area contributed by atoms with Gasteiger partial charge in [0.25, 0.3) is 0 Å². The zero-order chi connectivity index (χ0) is 20.4. The van der Waals surface area contributed by atoms with E-state index in [9.17, 15) is 9.59 Å². The van der Waals surface area contributed by atoms with Crippen molar-refractivity contribution in [1.82, 2.24) is 4.98 Å². The highest BCUT2D eigenvalue weighted by Gasteiger charge is 2.10. The van der Waals surface area contributed by atoms with Crippen molar-refractivity contribution in [1.29, 1.82) is 5.26 Å². The zero-order valence-corrected chi connectivity index (χ0v) is 16.0. The molecule has 1 aromatic heterocycles. The minimum atomic E-state index is -0.546. The highest BCUT2D eigenvalue weighted by molar-refractivity contribution is 6.31. The van der Waals surface area contributed by atoms with Gasteiger partial charge in [0.05, 0.1) is 24.5 Å². The Kier molecular flexibility index (Phi) is 8.06. The maximum Gasteiger partial charge on any atom is 0.324 e. The first kappa shape index (κ1) is 21.0. The van der Waals surface area contributed by atoms with Crippen molar-refractivity contribution in [2.75, 3.05) is 23.8 Å². The minimum absolute atomic E-state index is 0.245. The van der Waals surface area contributed by atoms with E-state index in [0.717, 1.165) is 0 Å². The van der Waals surface area contributed by atoms with Crippen molar-refractivity contribution >= 4 is 35.1 Å². The molecule has 0 bridgehead atoms. The Morgan fingerprint density at radius 1 is 1.25 bits per heavy atom. The molecule has 2 N–H and O–H groups in total. The second-order valence-electron chi connectivity index (χ2n) is 5.52. The molecule has 1 aromatic carbocycles. The first-order valence-electron chi connectivity index (χ1n) is 8.54. The average Bonchev–Trinajstić information content (AvgIpc) is 2.67. The van der Waals surface area contributed by atoms with E-state index >= 15 is 0 Å². The third-order valence-corrected chi connectivity index (χ3v) is 3.65. The maximum absolute atomic E-state index is 12.2. The van der Waals surface area contributed by atoms with Crippen LogP contribution in [-0.2, 0) is 9.53 Å². The molecule has 2 rings (SSSR count). The van der Waals surface area contributed by atoms with Gasteiger partial charge in [0, 0.05) is 17.6 Å². The third-order valence-electron chi connectivity index (χ3n) is 3.41. The Balaban J connectivity index is 1.94. The first-order chi connectivity index (χ1) is 13.5. The van der Waals surface area contributed by atoms with Gasteiger partial charge in [-0.1, -0.05) is 11.6 Å². The fourth-order valence-electron chi connectivity index (χ4n) is 2.16. The number of benzene rings is 1. The molecule has 0 atom stereocenters. The number of hydrogen-bond donors (Lipinski definition) is 2. The number of hydrogen-bond acceptors (Lipinski definition) is 6. The summed E-state index contributed by atoms with van der Waals surface area (Å²) in [5, 5.41) is 14.4. The molecule has 0 unspecified atom stereocenters. The van der Waals surface area contributed by atoms with E-state index in [1.54, 1.807) is 31.2 Å². The lowest BCUT2D eigenvalue weighted by molar-refractivity contribution is -0.143. The van der Waals surface area contributed by atoms with Crippen molar-refractivity contribution in [3.8, 4) is 11.8 Å². The number of esters is 1. The molecule has 0 aliphatic carbocycles. The zero-order valence-electron chi connectivity index (χ0n) is 15.2. The number of nitrogens with one attached hydrogen (secondary N) is 2. The number of amides is 2. The largest absolute Gasteiger partial charge is 0.491 e. The van der Waals surface area contributed by atoms with E-state index in [1.165, 1.54) is 12.3 Å². The number of pyridine rings is 1. The smallest absolute Gasteiger partial charge is 0.324 e. The van der Waals surface area contributed by atoms with E-state index in [1.807, 2.05) is 6.07 Å². The van der Waals surface area contributed by atoms with Crippen LogP contribution in [-0.4, -0.2) is 30.2 Å². The second kappa shape index (κ2) is 10.7. The maximum atomic E-state index is 12.2. The van der Waals surface area contributed by atoms with Crippen LogP contribution in [0.15, 0.2) is 36.5 Å². The van der Waals surface area contributed by atoms with Gasteiger partial charge < -0.3 is 14.8 Å². The van der Waals surface area contributed by atoms with Crippen LogP contribution < -0.4 is 15.4 Å². The van der Waals surface area contributed by atoms with Gasteiger partial charge in [0.15, 0.2) is 0 Å². The number of carbonyl (C=O) groups is 2. The molecular weight excluding hydrogens is 384 g/mol. The quantitative estimate of drug-likeness (QED) is 0.510. The number of nitriles is 1. The molecule has 0 aliphatic rings. The van der Waals surface area contributed by atoms with E-state index in [2.05, 4.69) is 15.6 Å². The summed E-state index contributed by atoms with van der Waals surface area (Å²) in [7, 11) is 0. The summed E-state index contributed by atoms with van der Waals surface area (Å²) in [4.78, 5) is 27.5. The van der Waals surface area contributed by atoms with Crippen LogP contribution in [0.5, 0.6) is 5.75 Å². The number of anilines is 2. The van der Waals surface area contributed by atoms with Crippen molar-refractivity contribution in [3.05, 3.63) is 47.1 Å². The Bertz CT molecular complexity index is 865. The van der Waals surface area contributed by atoms with E-state index in [0.29, 0.717) is 35.1 Å². The van der Waals surface area contributed by atoms with Crippen molar-refractivity contribution in [2.24, 2.45) is 0 Å². The van der Waals surface area contributed by atoms with Gasteiger partial charge in [0.1, 0.15) is 17.6 Å². The Morgan fingerprint density at radius 3 is 2.75 bits per heavy atom. The molecule has 9 heteroatoms. The fourth-order valence-corrected chi connectivity index (χ4v) is 2.33. The van der Waals surface area contributed by atoms with Gasteiger partial charge in [-0.2, -0.15) is 5.26 Å². The molecular formula is C19H19ClN4O4. The van der Waals surface area contributed by atoms with Crippen LogP contribution in [0.1, 0.15) is 25.3 Å².